The van der Waals surface area contributed by atoms with Crippen LogP contribution in [-0.2, 0) is 9.57 Å². The van der Waals surface area contributed by atoms with E-state index in [9.17, 15) is 19.2 Å². The van der Waals surface area contributed by atoms with Crippen LogP contribution in [0.3, 0.4) is 0 Å². The lowest BCUT2D eigenvalue weighted by atomic mass is 10.1. The van der Waals surface area contributed by atoms with E-state index in [-0.39, 0.29) is 22.6 Å². The molecule has 0 radical (unpaired) electrons. The Hall–Kier alpha value is -3.69. The number of aromatic nitrogens is 1. The highest BCUT2D eigenvalue weighted by atomic mass is 16.7. The Labute approximate surface area is 165 Å². The molecule has 1 aliphatic heterocycles. The topological polar surface area (TPSA) is 128 Å². The molecule has 10 heteroatoms. The third-order valence-electron chi connectivity index (χ3n) is 3.83. The molecule has 1 aromatic heterocycles. The van der Waals surface area contributed by atoms with Crippen LogP contribution < -0.4 is 5.32 Å². The van der Waals surface area contributed by atoms with Gasteiger partial charge in [-0.2, -0.15) is 0 Å². The largest absolute Gasteiger partial charge is 0.444 e. The highest BCUT2D eigenvalue weighted by Crippen LogP contribution is 2.23. The van der Waals surface area contributed by atoms with E-state index in [0.717, 1.165) is 0 Å². The molecule has 29 heavy (non-hydrogen) atoms. The van der Waals surface area contributed by atoms with E-state index in [1.54, 1.807) is 39.8 Å². The van der Waals surface area contributed by atoms with Crippen LogP contribution in [0.4, 0.5) is 4.79 Å². The molecule has 0 fully saturated rings. The number of alkyl carbamates (subject to hydrolysis) is 1. The van der Waals surface area contributed by atoms with Crippen LogP contribution in [0.5, 0.6) is 0 Å². The fourth-order valence-electron chi connectivity index (χ4n) is 2.52. The summed E-state index contributed by atoms with van der Waals surface area (Å²) in [5.74, 6) is -2.39. The summed E-state index contributed by atoms with van der Waals surface area (Å²) in [5.41, 5.74) is -0.663. The highest BCUT2D eigenvalue weighted by molar-refractivity contribution is 6.21. The number of imide groups is 1. The minimum absolute atomic E-state index is 0.140. The number of hydrogen-bond donors (Lipinski definition) is 1. The van der Waals surface area contributed by atoms with Gasteiger partial charge in [0.2, 0.25) is 0 Å². The summed E-state index contributed by atoms with van der Waals surface area (Å²) >= 11 is 0. The average molecular weight is 401 g/mol. The molecule has 0 saturated heterocycles. The van der Waals surface area contributed by atoms with Gasteiger partial charge in [0.1, 0.15) is 5.60 Å². The fraction of sp³-hybridized carbons (Fsp3) is 0.316. The molecular weight excluding hydrogens is 382 g/mol. The standard InChI is InChI=1S/C19H19N3O7/c1-10(20-18(26)27-19(2,3)4)14-9-13(21-28-14)17(25)29-22-15(23)11-7-5-6-8-12(11)16(22)24/h5-10H,1-4H3,(H,20,26). The summed E-state index contributed by atoms with van der Waals surface area (Å²) in [6.45, 7) is 6.76. The summed E-state index contributed by atoms with van der Waals surface area (Å²) in [4.78, 5) is 53.5. The molecule has 0 spiro atoms. The zero-order chi connectivity index (χ0) is 21.3. The predicted molar refractivity (Wildman–Crippen MR) is 96.6 cm³/mol. The molecule has 1 atom stereocenters. The summed E-state index contributed by atoms with van der Waals surface area (Å²) < 4.78 is 10.2. The lowest BCUT2D eigenvalue weighted by molar-refractivity contribution is -0.0590. The number of benzene rings is 1. The van der Waals surface area contributed by atoms with Gasteiger partial charge in [0.15, 0.2) is 11.5 Å². The van der Waals surface area contributed by atoms with E-state index < -0.39 is 35.5 Å². The quantitative estimate of drug-likeness (QED) is 0.774. The minimum atomic E-state index is -1.06. The molecule has 3 amide bonds. The van der Waals surface area contributed by atoms with Gasteiger partial charge in [0.25, 0.3) is 11.8 Å². The molecule has 1 aromatic carbocycles. The van der Waals surface area contributed by atoms with Gasteiger partial charge in [-0.1, -0.05) is 22.4 Å². The van der Waals surface area contributed by atoms with E-state index in [1.807, 2.05) is 0 Å². The van der Waals surface area contributed by atoms with Crippen molar-refractivity contribution in [1.29, 1.82) is 0 Å². The van der Waals surface area contributed by atoms with Crippen LogP contribution >= 0.6 is 0 Å². The van der Waals surface area contributed by atoms with Crippen molar-refractivity contribution in [3.63, 3.8) is 0 Å². The monoisotopic (exact) mass is 401 g/mol. The summed E-state index contributed by atoms with van der Waals surface area (Å²) in [5, 5.41) is 6.49. The van der Waals surface area contributed by atoms with Gasteiger partial charge in [0.05, 0.1) is 17.2 Å². The molecule has 10 nitrogen and oxygen atoms in total. The molecule has 1 aliphatic rings. The second-order valence-corrected chi connectivity index (χ2v) is 7.31. The number of rotatable bonds is 4. The van der Waals surface area contributed by atoms with Gasteiger partial charge < -0.3 is 19.4 Å². The van der Waals surface area contributed by atoms with Gasteiger partial charge in [-0.25, -0.2) is 9.59 Å². The Bertz CT molecular complexity index is 955. The number of nitrogens with zero attached hydrogens (tertiary/aromatic N) is 2. The fourth-order valence-corrected chi connectivity index (χ4v) is 2.52. The van der Waals surface area contributed by atoms with Crippen molar-refractivity contribution in [2.45, 2.75) is 39.3 Å². The van der Waals surface area contributed by atoms with E-state index in [1.165, 1.54) is 18.2 Å². The number of fused-ring (bicyclic) bond motifs is 1. The van der Waals surface area contributed by atoms with Crippen molar-refractivity contribution in [2.24, 2.45) is 0 Å². The van der Waals surface area contributed by atoms with Gasteiger partial charge in [-0.3, -0.25) is 9.59 Å². The van der Waals surface area contributed by atoms with Crippen LogP contribution in [-0.4, -0.2) is 39.7 Å². The number of carbonyl (C=O) groups excluding carboxylic acids is 4. The Morgan fingerprint density at radius 1 is 1.14 bits per heavy atom. The average Bonchev–Trinajstić information content (AvgIpc) is 3.21. The molecule has 152 valence electrons. The normalized spacial score (nSPS) is 14.4. The third kappa shape index (κ3) is 4.26. The van der Waals surface area contributed by atoms with Crippen LogP contribution in [0, 0.1) is 0 Å². The van der Waals surface area contributed by atoms with Crippen molar-refractivity contribution in [3.8, 4) is 0 Å². The Morgan fingerprint density at radius 2 is 1.72 bits per heavy atom. The van der Waals surface area contributed by atoms with Gasteiger partial charge in [-0.15, -0.1) is 0 Å². The zero-order valence-corrected chi connectivity index (χ0v) is 16.2. The summed E-state index contributed by atoms with van der Waals surface area (Å²) in [6, 6.07) is 6.70. The van der Waals surface area contributed by atoms with E-state index in [2.05, 4.69) is 10.5 Å². The molecule has 0 aliphatic carbocycles. The number of ether oxygens (including phenoxy) is 1. The summed E-state index contributed by atoms with van der Waals surface area (Å²) in [6.07, 6.45) is -0.670. The number of nitrogens with one attached hydrogen (secondary N) is 1. The first-order valence-electron chi connectivity index (χ1n) is 8.73. The molecule has 1 N–H and O–H groups in total. The van der Waals surface area contributed by atoms with Crippen molar-refractivity contribution in [1.82, 2.24) is 15.5 Å². The maximum absolute atomic E-state index is 12.3. The molecule has 3 rings (SSSR count). The Morgan fingerprint density at radius 3 is 2.28 bits per heavy atom. The van der Waals surface area contributed by atoms with Gasteiger partial charge >= 0.3 is 12.1 Å². The van der Waals surface area contributed by atoms with E-state index in [0.29, 0.717) is 5.06 Å². The number of hydroxylamine groups is 2. The molecule has 2 heterocycles. The third-order valence-corrected chi connectivity index (χ3v) is 3.83. The lowest BCUT2D eigenvalue weighted by Gasteiger charge is -2.21. The predicted octanol–water partition coefficient (Wildman–Crippen LogP) is 2.63. The van der Waals surface area contributed by atoms with E-state index in [4.69, 9.17) is 14.1 Å². The molecule has 2 aromatic rings. The van der Waals surface area contributed by atoms with Gasteiger partial charge in [0, 0.05) is 6.07 Å². The maximum atomic E-state index is 12.3. The SMILES string of the molecule is CC(NC(=O)OC(C)(C)C)c1cc(C(=O)ON2C(=O)c3ccccc3C2=O)no1. The number of carbonyl (C=O) groups is 4. The van der Waals surface area contributed by atoms with E-state index >= 15 is 0 Å². The molecular formula is C19H19N3O7. The molecule has 0 saturated carbocycles. The first kappa shape index (κ1) is 20.1. The van der Waals surface area contributed by atoms with Crippen LogP contribution in [0.15, 0.2) is 34.9 Å². The second kappa shape index (κ2) is 7.38. The Kier molecular flexibility index (Phi) is 5.10. The first-order chi connectivity index (χ1) is 13.6. The van der Waals surface area contributed by atoms with Crippen LogP contribution in [0.1, 0.15) is 70.7 Å². The summed E-state index contributed by atoms with van der Waals surface area (Å²) in [7, 11) is 0. The van der Waals surface area contributed by atoms with Gasteiger partial charge in [-0.05, 0) is 39.8 Å². The first-order valence-corrected chi connectivity index (χ1v) is 8.73. The molecule has 0 bridgehead atoms. The number of hydrogen-bond acceptors (Lipinski definition) is 8. The molecule has 1 unspecified atom stereocenters. The number of amides is 3. The maximum Gasteiger partial charge on any atom is 0.408 e. The zero-order valence-electron chi connectivity index (χ0n) is 16.2. The Balaban J connectivity index is 1.65. The minimum Gasteiger partial charge on any atom is -0.444 e. The van der Waals surface area contributed by atoms with Crippen molar-refractivity contribution in [2.75, 3.05) is 0 Å². The van der Waals surface area contributed by atoms with Crippen LogP contribution in [0.2, 0.25) is 0 Å². The lowest BCUT2D eigenvalue weighted by Crippen LogP contribution is -2.34. The highest BCUT2D eigenvalue weighted by Gasteiger charge is 2.39. The van der Waals surface area contributed by atoms with Crippen LogP contribution in [0.25, 0.3) is 0 Å². The van der Waals surface area contributed by atoms with Crippen molar-refractivity contribution in [3.05, 3.63) is 52.9 Å². The van der Waals surface area contributed by atoms with Crippen molar-refractivity contribution < 1.29 is 33.3 Å². The second-order valence-electron chi connectivity index (χ2n) is 7.31. The van der Waals surface area contributed by atoms with Crippen molar-refractivity contribution >= 4 is 23.9 Å². The smallest absolute Gasteiger partial charge is 0.408 e.